The van der Waals surface area contributed by atoms with Crippen molar-refractivity contribution >= 4 is 17.3 Å². The first-order valence-corrected chi connectivity index (χ1v) is 5.59. The highest BCUT2D eigenvalue weighted by atomic mass is 16.3. The van der Waals surface area contributed by atoms with Crippen molar-refractivity contribution in [2.75, 3.05) is 37.5 Å². The fourth-order valence-electron chi connectivity index (χ4n) is 1.53. The van der Waals surface area contributed by atoms with Gasteiger partial charge in [0.15, 0.2) is 0 Å². The fraction of sp³-hybridized carbons (Fsp3) is 0.417. The van der Waals surface area contributed by atoms with Gasteiger partial charge >= 0.3 is 0 Å². The summed E-state index contributed by atoms with van der Waals surface area (Å²) in [5.74, 6) is -0.509. The summed E-state index contributed by atoms with van der Waals surface area (Å²) in [5.41, 5.74) is 7.13. The van der Waals surface area contributed by atoms with Crippen LogP contribution in [0, 0.1) is 0 Å². The van der Waals surface area contributed by atoms with Gasteiger partial charge in [-0.25, -0.2) is 0 Å². The van der Waals surface area contributed by atoms with Crippen LogP contribution in [0.25, 0.3) is 0 Å². The normalized spacial score (nSPS) is 12.0. The van der Waals surface area contributed by atoms with E-state index in [4.69, 9.17) is 10.8 Å². The molecular weight excluding hydrogens is 234 g/mol. The second kappa shape index (κ2) is 6.23. The minimum atomic E-state index is -0.837. The van der Waals surface area contributed by atoms with Crippen molar-refractivity contribution in [1.29, 1.82) is 0 Å². The van der Waals surface area contributed by atoms with Crippen LogP contribution >= 0.6 is 0 Å². The predicted octanol–water partition coefficient (Wildman–Crippen LogP) is -0.383. The van der Waals surface area contributed by atoms with Gasteiger partial charge in [-0.2, -0.15) is 0 Å². The number of benzene rings is 1. The van der Waals surface area contributed by atoms with E-state index in [-0.39, 0.29) is 13.2 Å². The van der Waals surface area contributed by atoms with Crippen LogP contribution in [0.4, 0.5) is 11.4 Å². The van der Waals surface area contributed by atoms with E-state index in [1.54, 1.807) is 23.1 Å². The standard InChI is InChI=1S/C12H19N3O3/c1-15(2)11-4-3-8(5-10(11)12(13)18)14-6-9(17)7-16/h3-5,9,14,16-17H,6-7H2,1-2H3,(H2,13,18). The molecule has 0 spiro atoms. The van der Waals surface area contributed by atoms with Gasteiger partial charge in [0.2, 0.25) is 0 Å². The highest BCUT2D eigenvalue weighted by Crippen LogP contribution is 2.22. The lowest BCUT2D eigenvalue weighted by Crippen LogP contribution is -2.23. The van der Waals surface area contributed by atoms with Gasteiger partial charge in [0.25, 0.3) is 5.91 Å². The molecule has 1 aromatic rings. The lowest BCUT2D eigenvalue weighted by Gasteiger charge is -2.18. The molecule has 0 aromatic heterocycles. The van der Waals surface area contributed by atoms with Gasteiger partial charge < -0.3 is 26.2 Å². The van der Waals surface area contributed by atoms with Crippen molar-refractivity contribution in [3.05, 3.63) is 23.8 Å². The summed E-state index contributed by atoms with van der Waals surface area (Å²) >= 11 is 0. The number of carbonyl (C=O) groups is 1. The number of hydrogen-bond donors (Lipinski definition) is 4. The van der Waals surface area contributed by atoms with Gasteiger partial charge in [0, 0.05) is 32.0 Å². The molecule has 0 aliphatic rings. The van der Waals surface area contributed by atoms with Crippen LogP contribution in [-0.4, -0.2) is 49.5 Å². The second-order valence-electron chi connectivity index (χ2n) is 4.21. The van der Waals surface area contributed by atoms with Crippen LogP contribution < -0.4 is 16.0 Å². The number of aliphatic hydroxyl groups excluding tert-OH is 2. The smallest absolute Gasteiger partial charge is 0.250 e. The van der Waals surface area contributed by atoms with E-state index in [1.165, 1.54) is 0 Å². The Morgan fingerprint density at radius 1 is 1.50 bits per heavy atom. The quantitative estimate of drug-likeness (QED) is 0.554. The molecule has 5 N–H and O–H groups in total. The molecule has 0 heterocycles. The summed E-state index contributed by atoms with van der Waals surface area (Å²) in [5, 5.41) is 20.9. The van der Waals surface area contributed by atoms with Crippen LogP contribution in [0.1, 0.15) is 10.4 Å². The Labute approximate surface area is 106 Å². The SMILES string of the molecule is CN(C)c1ccc(NCC(O)CO)cc1C(N)=O. The molecule has 1 amide bonds. The highest BCUT2D eigenvalue weighted by Gasteiger charge is 2.11. The number of amides is 1. The summed E-state index contributed by atoms with van der Waals surface area (Å²) in [7, 11) is 3.65. The van der Waals surface area contributed by atoms with Gasteiger partial charge in [-0.15, -0.1) is 0 Å². The molecule has 1 aromatic carbocycles. The Balaban J connectivity index is 2.90. The van der Waals surface area contributed by atoms with E-state index in [0.717, 1.165) is 5.69 Å². The molecule has 1 unspecified atom stereocenters. The largest absolute Gasteiger partial charge is 0.394 e. The number of hydrogen-bond acceptors (Lipinski definition) is 5. The molecule has 0 saturated heterocycles. The zero-order valence-electron chi connectivity index (χ0n) is 10.6. The number of aliphatic hydroxyl groups is 2. The van der Waals surface area contributed by atoms with Crippen molar-refractivity contribution in [2.24, 2.45) is 5.73 Å². The fourth-order valence-corrected chi connectivity index (χ4v) is 1.53. The molecule has 6 nitrogen and oxygen atoms in total. The number of carbonyl (C=O) groups excluding carboxylic acids is 1. The Hall–Kier alpha value is -1.79. The van der Waals surface area contributed by atoms with Crippen molar-refractivity contribution < 1.29 is 15.0 Å². The topological polar surface area (TPSA) is 98.8 Å². The van der Waals surface area contributed by atoms with Crippen LogP contribution in [0.3, 0.4) is 0 Å². The predicted molar refractivity (Wildman–Crippen MR) is 70.9 cm³/mol. The maximum atomic E-state index is 11.4. The molecule has 0 aliphatic heterocycles. The van der Waals surface area contributed by atoms with Crippen molar-refractivity contribution in [1.82, 2.24) is 0 Å². The van der Waals surface area contributed by atoms with E-state index in [1.807, 2.05) is 14.1 Å². The average Bonchev–Trinajstić information content (AvgIpc) is 2.35. The minimum Gasteiger partial charge on any atom is -0.394 e. The molecule has 0 aliphatic carbocycles. The lowest BCUT2D eigenvalue weighted by atomic mass is 10.1. The summed E-state index contributed by atoms with van der Waals surface area (Å²) in [6, 6.07) is 5.18. The first kappa shape index (κ1) is 14.3. The number of anilines is 2. The first-order valence-electron chi connectivity index (χ1n) is 5.59. The van der Waals surface area contributed by atoms with Crippen molar-refractivity contribution in [3.8, 4) is 0 Å². The molecule has 6 heteroatoms. The van der Waals surface area contributed by atoms with E-state index in [2.05, 4.69) is 5.32 Å². The van der Waals surface area contributed by atoms with Crippen LogP contribution in [-0.2, 0) is 0 Å². The van der Waals surface area contributed by atoms with Crippen molar-refractivity contribution in [2.45, 2.75) is 6.10 Å². The van der Waals surface area contributed by atoms with Crippen LogP contribution in [0.2, 0.25) is 0 Å². The number of primary amides is 1. The van der Waals surface area contributed by atoms with Crippen molar-refractivity contribution in [3.63, 3.8) is 0 Å². The van der Waals surface area contributed by atoms with E-state index < -0.39 is 12.0 Å². The molecule has 0 radical (unpaired) electrons. The Kier molecular flexibility index (Phi) is 4.94. The van der Waals surface area contributed by atoms with Crippen LogP contribution in [0.5, 0.6) is 0 Å². The molecule has 18 heavy (non-hydrogen) atoms. The molecule has 100 valence electrons. The number of nitrogens with two attached hydrogens (primary N) is 1. The van der Waals surface area contributed by atoms with E-state index in [0.29, 0.717) is 11.3 Å². The molecule has 0 saturated carbocycles. The Morgan fingerprint density at radius 3 is 2.67 bits per heavy atom. The third kappa shape index (κ3) is 3.61. The monoisotopic (exact) mass is 253 g/mol. The van der Waals surface area contributed by atoms with Gasteiger partial charge in [-0.05, 0) is 18.2 Å². The molecule has 0 bridgehead atoms. The summed E-state index contributed by atoms with van der Waals surface area (Å²) < 4.78 is 0. The maximum Gasteiger partial charge on any atom is 0.250 e. The molecule has 0 fully saturated rings. The summed E-state index contributed by atoms with van der Waals surface area (Å²) in [4.78, 5) is 13.1. The highest BCUT2D eigenvalue weighted by molar-refractivity contribution is 5.99. The zero-order valence-corrected chi connectivity index (χ0v) is 10.6. The molecule has 1 rings (SSSR count). The Morgan fingerprint density at radius 2 is 2.17 bits per heavy atom. The minimum absolute atomic E-state index is 0.204. The lowest BCUT2D eigenvalue weighted by molar-refractivity contribution is 0.100. The molecule has 1 atom stereocenters. The number of nitrogens with zero attached hydrogens (tertiary/aromatic N) is 1. The summed E-state index contributed by atoms with van der Waals surface area (Å²) in [6.45, 7) is -0.110. The van der Waals surface area contributed by atoms with Crippen LogP contribution in [0.15, 0.2) is 18.2 Å². The molecular formula is C12H19N3O3. The third-order valence-electron chi connectivity index (χ3n) is 2.50. The second-order valence-corrected chi connectivity index (χ2v) is 4.21. The number of nitrogens with one attached hydrogen (secondary N) is 1. The average molecular weight is 253 g/mol. The first-order chi connectivity index (χ1) is 8.45. The van der Waals surface area contributed by atoms with Gasteiger partial charge in [0.05, 0.1) is 18.3 Å². The van der Waals surface area contributed by atoms with E-state index >= 15 is 0 Å². The maximum absolute atomic E-state index is 11.4. The zero-order chi connectivity index (χ0) is 13.7. The van der Waals surface area contributed by atoms with E-state index in [9.17, 15) is 9.90 Å². The number of rotatable bonds is 6. The van der Waals surface area contributed by atoms with Gasteiger partial charge in [0.1, 0.15) is 0 Å². The Bertz CT molecular complexity index is 421. The summed E-state index contributed by atoms with van der Waals surface area (Å²) in [6.07, 6.45) is -0.837. The van der Waals surface area contributed by atoms with Gasteiger partial charge in [-0.3, -0.25) is 4.79 Å². The third-order valence-corrected chi connectivity index (χ3v) is 2.50. The van der Waals surface area contributed by atoms with Gasteiger partial charge in [-0.1, -0.05) is 0 Å².